The van der Waals surface area contributed by atoms with Crippen molar-refractivity contribution in [2.24, 2.45) is 10.2 Å². The Hall–Kier alpha value is -3.39. The number of azo groups is 1. The predicted molar refractivity (Wildman–Crippen MR) is 103 cm³/mol. The first-order valence-corrected chi connectivity index (χ1v) is 10.7. The van der Waals surface area contributed by atoms with Crippen LogP contribution in [0.3, 0.4) is 0 Å². The van der Waals surface area contributed by atoms with Crippen molar-refractivity contribution in [3.63, 3.8) is 0 Å². The molecule has 3 aromatic carbocycles. The van der Waals surface area contributed by atoms with Gasteiger partial charge >= 0.3 is 0 Å². The van der Waals surface area contributed by atoms with E-state index in [4.69, 9.17) is 0 Å². The second-order valence-corrected chi connectivity index (χ2v) is 8.72. The molecule has 0 spiro atoms. The Bertz CT molecular complexity index is 1410. The maximum Gasteiger partial charge on any atom is 0.298 e. The smallest absolute Gasteiger partial charge is 0.298 e. The monoisotopic (exact) mass is 452 g/mol. The van der Waals surface area contributed by atoms with Crippen LogP contribution in [0.1, 0.15) is 10.4 Å². The van der Waals surface area contributed by atoms with E-state index in [0.29, 0.717) is 11.8 Å². The van der Waals surface area contributed by atoms with Gasteiger partial charge < -0.3 is 10.2 Å². The number of nitrogens with zero attached hydrogens (tertiary/aromatic N) is 2. The topological polar surface area (TPSA) is 191 Å². The minimum atomic E-state index is -4.92. The van der Waals surface area contributed by atoms with Crippen molar-refractivity contribution in [1.29, 1.82) is 0 Å². The molecule has 0 aliphatic rings. The zero-order valence-corrected chi connectivity index (χ0v) is 16.3. The molecule has 0 saturated heterocycles. The van der Waals surface area contributed by atoms with Crippen LogP contribution in [0.5, 0.6) is 11.5 Å². The standard InChI is InChI=1S/C17H12N2O9S2/c20-8-9-1-4-11(5-2-9)18-19-15-13(30(26,27)28)7-10-3-6-12(29(23,24)25)16(21)14(10)17(15)22/h1-8,21-22H,(H,23,24,25)(H,26,27,28). The first-order chi connectivity index (χ1) is 13.9. The fourth-order valence-electron chi connectivity index (χ4n) is 2.63. The first-order valence-electron chi connectivity index (χ1n) is 7.87. The Labute approximate surface area is 169 Å². The van der Waals surface area contributed by atoms with E-state index in [0.717, 1.165) is 18.2 Å². The molecule has 156 valence electrons. The summed E-state index contributed by atoms with van der Waals surface area (Å²) in [7, 11) is -9.79. The van der Waals surface area contributed by atoms with E-state index in [9.17, 15) is 40.9 Å². The Balaban J connectivity index is 2.31. The van der Waals surface area contributed by atoms with E-state index in [-0.39, 0.29) is 11.1 Å². The van der Waals surface area contributed by atoms with Crippen LogP contribution in [0.4, 0.5) is 11.4 Å². The molecule has 0 unspecified atom stereocenters. The van der Waals surface area contributed by atoms with Crippen molar-refractivity contribution in [2.75, 3.05) is 0 Å². The van der Waals surface area contributed by atoms with Gasteiger partial charge in [0.05, 0.1) is 11.1 Å². The summed E-state index contributed by atoms with van der Waals surface area (Å²) >= 11 is 0. The molecule has 3 aromatic rings. The Kier molecular flexibility index (Phi) is 5.30. The second-order valence-electron chi connectivity index (χ2n) is 5.94. The second kappa shape index (κ2) is 7.46. The summed E-state index contributed by atoms with van der Waals surface area (Å²) in [6, 6.07) is 8.16. The number of rotatable bonds is 5. The number of aromatic hydroxyl groups is 2. The van der Waals surface area contributed by atoms with Crippen molar-refractivity contribution in [1.82, 2.24) is 0 Å². The quantitative estimate of drug-likeness (QED) is 0.256. The van der Waals surface area contributed by atoms with Gasteiger partial charge in [-0.15, -0.1) is 5.11 Å². The normalized spacial score (nSPS) is 12.5. The highest BCUT2D eigenvalue weighted by Crippen LogP contribution is 2.46. The van der Waals surface area contributed by atoms with Gasteiger partial charge in [-0.2, -0.15) is 21.9 Å². The average Bonchev–Trinajstić information content (AvgIpc) is 2.65. The molecule has 13 heteroatoms. The van der Waals surface area contributed by atoms with Crippen molar-refractivity contribution >= 4 is 48.7 Å². The lowest BCUT2D eigenvalue weighted by Gasteiger charge is -2.11. The number of aldehydes is 1. The highest BCUT2D eigenvalue weighted by molar-refractivity contribution is 7.86. The van der Waals surface area contributed by atoms with Crippen LogP contribution in [0.15, 0.2) is 62.5 Å². The van der Waals surface area contributed by atoms with Crippen molar-refractivity contribution in [3.8, 4) is 11.5 Å². The minimum Gasteiger partial charge on any atom is -0.506 e. The summed E-state index contributed by atoms with van der Waals surface area (Å²) in [6.45, 7) is 0. The van der Waals surface area contributed by atoms with Crippen LogP contribution in [0.25, 0.3) is 10.8 Å². The van der Waals surface area contributed by atoms with Crippen molar-refractivity contribution < 1.29 is 40.9 Å². The van der Waals surface area contributed by atoms with Crippen LogP contribution < -0.4 is 0 Å². The van der Waals surface area contributed by atoms with Crippen LogP contribution >= 0.6 is 0 Å². The van der Waals surface area contributed by atoms with E-state index in [1.54, 1.807) is 0 Å². The zero-order chi connectivity index (χ0) is 22.3. The number of phenols is 2. The van der Waals surface area contributed by atoms with Gasteiger partial charge in [-0.1, -0.05) is 6.07 Å². The van der Waals surface area contributed by atoms with Crippen molar-refractivity contribution in [3.05, 3.63) is 48.0 Å². The number of benzene rings is 3. The SMILES string of the molecule is O=Cc1ccc(N=Nc2c(S(=O)(=O)O)cc3ccc(S(=O)(=O)O)c(O)c3c2O)cc1. The molecular formula is C17H12N2O9S2. The molecule has 4 N–H and O–H groups in total. The minimum absolute atomic E-state index is 0.150. The maximum absolute atomic E-state index is 11.8. The molecule has 0 aromatic heterocycles. The average molecular weight is 452 g/mol. The molecule has 0 saturated carbocycles. The molecule has 0 aliphatic carbocycles. The number of fused-ring (bicyclic) bond motifs is 1. The third kappa shape index (κ3) is 3.99. The third-order valence-corrected chi connectivity index (χ3v) is 5.76. The molecule has 0 atom stereocenters. The molecular weight excluding hydrogens is 440 g/mol. The molecule has 3 rings (SSSR count). The summed E-state index contributed by atoms with van der Waals surface area (Å²) in [5.41, 5.74) is -0.298. The van der Waals surface area contributed by atoms with Gasteiger partial charge in [-0.3, -0.25) is 13.9 Å². The first kappa shape index (κ1) is 21.3. The fourth-order valence-corrected chi connectivity index (χ4v) is 3.87. The zero-order valence-electron chi connectivity index (χ0n) is 14.7. The summed E-state index contributed by atoms with van der Waals surface area (Å²) in [5, 5.41) is 27.3. The van der Waals surface area contributed by atoms with E-state index in [1.165, 1.54) is 24.3 Å². The lowest BCUT2D eigenvalue weighted by Crippen LogP contribution is -2.01. The van der Waals surface area contributed by atoms with Gasteiger partial charge in [-0.05, 0) is 41.8 Å². The van der Waals surface area contributed by atoms with Crippen LogP contribution in [-0.2, 0) is 20.2 Å². The molecule has 0 aliphatic heterocycles. The number of phenolic OH excluding ortho intramolecular Hbond substituents is 2. The van der Waals surface area contributed by atoms with Gasteiger partial charge in [0.2, 0.25) is 0 Å². The maximum atomic E-state index is 11.8. The van der Waals surface area contributed by atoms with Gasteiger partial charge in [0.1, 0.15) is 27.5 Å². The van der Waals surface area contributed by atoms with Crippen LogP contribution in [0, 0.1) is 0 Å². The van der Waals surface area contributed by atoms with E-state index in [2.05, 4.69) is 10.2 Å². The Morgan fingerprint density at radius 1 is 0.767 bits per heavy atom. The molecule has 11 nitrogen and oxygen atoms in total. The highest BCUT2D eigenvalue weighted by Gasteiger charge is 2.26. The van der Waals surface area contributed by atoms with Crippen molar-refractivity contribution in [2.45, 2.75) is 9.79 Å². The third-order valence-electron chi connectivity index (χ3n) is 4.00. The molecule has 0 amide bonds. The van der Waals surface area contributed by atoms with E-state index in [1.807, 2.05) is 0 Å². The molecule has 0 heterocycles. The fraction of sp³-hybridized carbons (Fsp3) is 0. The largest absolute Gasteiger partial charge is 0.506 e. The lowest BCUT2D eigenvalue weighted by atomic mass is 10.1. The lowest BCUT2D eigenvalue weighted by molar-refractivity contribution is 0.112. The summed E-state index contributed by atoms with van der Waals surface area (Å²) in [5.74, 6) is -2.06. The summed E-state index contributed by atoms with van der Waals surface area (Å²) in [4.78, 5) is 8.89. The van der Waals surface area contributed by atoms with Crippen LogP contribution in [-0.4, -0.2) is 42.4 Å². The molecule has 0 radical (unpaired) electrons. The van der Waals surface area contributed by atoms with Gasteiger partial charge in [0.25, 0.3) is 20.2 Å². The Morgan fingerprint density at radius 2 is 1.37 bits per heavy atom. The van der Waals surface area contributed by atoms with Crippen LogP contribution in [0.2, 0.25) is 0 Å². The highest BCUT2D eigenvalue weighted by atomic mass is 32.2. The molecule has 30 heavy (non-hydrogen) atoms. The van der Waals surface area contributed by atoms with Gasteiger partial charge in [0, 0.05) is 5.56 Å². The summed E-state index contributed by atoms with van der Waals surface area (Å²) < 4.78 is 65.0. The Morgan fingerprint density at radius 3 is 1.90 bits per heavy atom. The van der Waals surface area contributed by atoms with E-state index >= 15 is 0 Å². The summed E-state index contributed by atoms with van der Waals surface area (Å²) in [6.07, 6.45) is 0.585. The predicted octanol–water partition coefficient (Wildman–Crippen LogP) is 2.97. The number of carbonyl (C=O) groups is 1. The molecule has 0 fully saturated rings. The van der Waals surface area contributed by atoms with Gasteiger partial charge in [-0.25, -0.2) is 0 Å². The van der Waals surface area contributed by atoms with E-state index < -0.39 is 52.6 Å². The number of carbonyl (C=O) groups excluding carboxylic acids is 1. The molecule has 0 bridgehead atoms. The number of hydrogen-bond donors (Lipinski definition) is 4. The van der Waals surface area contributed by atoms with Gasteiger partial charge in [0.15, 0.2) is 5.75 Å². The number of hydrogen-bond acceptors (Lipinski definition) is 9.